The van der Waals surface area contributed by atoms with Crippen LogP contribution in [0.4, 0.5) is 16.2 Å². The number of imide groups is 2. The van der Waals surface area contributed by atoms with Crippen molar-refractivity contribution in [3.05, 3.63) is 88.4 Å². The van der Waals surface area contributed by atoms with E-state index in [9.17, 15) is 19.2 Å². The number of ether oxygens (including phenoxy) is 2. The van der Waals surface area contributed by atoms with Crippen LogP contribution in [0.1, 0.15) is 5.56 Å². The molecule has 0 saturated carbocycles. The van der Waals surface area contributed by atoms with E-state index >= 15 is 0 Å². The van der Waals surface area contributed by atoms with Gasteiger partial charge in [-0.2, -0.15) is 0 Å². The number of nitrogens with zero attached hydrogens (tertiary/aromatic N) is 1. The van der Waals surface area contributed by atoms with Crippen molar-refractivity contribution in [2.75, 3.05) is 23.9 Å². The molecule has 1 heterocycles. The summed E-state index contributed by atoms with van der Waals surface area (Å²) in [5, 5.41) is 4.90. The molecule has 1 aliphatic heterocycles. The normalized spacial score (nSPS) is 14.4. The van der Waals surface area contributed by atoms with Crippen LogP contribution in [0.15, 0.2) is 82.8 Å². The molecule has 1 fully saturated rings. The van der Waals surface area contributed by atoms with Gasteiger partial charge in [0.25, 0.3) is 17.7 Å². The van der Waals surface area contributed by atoms with Crippen molar-refractivity contribution in [3.8, 4) is 11.5 Å². The van der Waals surface area contributed by atoms with E-state index in [0.29, 0.717) is 28.4 Å². The molecule has 3 aromatic rings. The van der Waals surface area contributed by atoms with E-state index in [-0.39, 0.29) is 18.1 Å². The number of nitrogens with one attached hydrogen (secondary N) is 2. The van der Waals surface area contributed by atoms with Gasteiger partial charge >= 0.3 is 6.03 Å². The highest BCUT2D eigenvalue weighted by atomic mass is 79.9. The smallest absolute Gasteiger partial charge is 0.335 e. The maximum Gasteiger partial charge on any atom is 0.335 e. The molecule has 2 N–H and O–H groups in total. The van der Waals surface area contributed by atoms with Gasteiger partial charge in [0.15, 0.2) is 6.61 Å². The van der Waals surface area contributed by atoms with Crippen LogP contribution in [0.2, 0.25) is 0 Å². The lowest BCUT2D eigenvalue weighted by Gasteiger charge is -2.26. The fourth-order valence-electron chi connectivity index (χ4n) is 3.36. The quantitative estimate of drug-likeness (QED) is 0.338. The number of benzene rings is 3. The van der Waals surface area contributed by atoms with Gasteiger partial charge in [-0.25, -0.2) is 9.69 Å². The van der Waals surface area contributed by atoms with Crippen molar-refractivity contribution < 1.29 is 28.7 Å². The number of methoxy groups -OCH3 is 1. The molecular weight excluding hydrogens is 530 g/mol. The number of carbonyl (C=O) groups is 4. The van der Waals surface area contributed by atoms with Gasteiger partial charge in [0.1, 0.15) is 17.1 Å². The topological polar surface area (TPSA) is 114 Å². The van der Waals surface area contributed by atoms with Gasteiger partial charge in [-0.15, -0.1) is 0 Å². The Hall–Kier alpha value is -4.44. The van der Waals surface area contributed by atoms with Crippen molar-refractivity contribution in [2.45, 2.75) is 0 Å². The summed E-state index contributed by atoms with van der Waals surface area (Å²) in [6, 6.07) is 19.1. The minimum absolute atomic E-state index is 0.216. The Bertz CT molecular complexity index is 1350. The van der Waals surface area contributed by atoms with Crippen LogP contribution in [-0.4, -0.2) is 37.5 Å². The third-order valence-electron chi connectivity index (χ3n) is 5.10. The molecule has 3 aromatic carbocycles. The number of barbiturate groups is 1. The zero-order valence-electron chi connectivity index (χ0n) is 19.0. The highest BCUT2D eigenvalue weighted by Crippen LogP contribution is 2.24. The molecule has 0 unspecified atom stereocenters. The minimum Gasteiger partial charge on any atom is -0.497 e. The van der Waals surface area contributed by atoms with E-state index in [0.717, 1.165) is 9.37 Å². The van der Waals surface area contributed by atoms with Gasteiger partial charge in [0.05, 0.1) is 12.8 Å². The Labute approximate surface area is 214 Å². The van der Waals surface area contributed by atoms with Crippen LogP contribution in [0.3, 0.4) is 0 Å². The number of carbonyl (C=O) groups excluding carboxylic acids is 4. The van der Waals surface area contributed by atoms with Crippen molar-refractivity contribution in [1.82, 2.24) is 5.32 Å². The molecular formula is C26H20BrN3O6. The van der Waals surface area contributed by atoms with E-state index in [1.807, 2.05) is 0 Å². The van der Waals surface area contributed by atoms with Gasteiger partial charge < -0.3 is 14.8 Å². The number of hydrogen-bond acceptors (Lipinski definition) is 6. The van der Waals surface area contributed by atoms with Crippen LogP contribution in [0.5, 0.6) is 11.5 Å². The van der Waals surface area contributed by atoms with Crippen molar-refractivity contribution >= 4 is 57.1 Å². The van der Waals surface area contributed by atoms with Crippen molar-refractivity contribution in [3.63, 3.8) is 0 Å². The maximum absolute atomic E-state index is 13.0. The second-order valence-electron chi connectivity index (χ2n) is 7.57. The summed E-state index contributed by atoms with van der Waals surface area (Å²) in [5.74, 6) is -0.891. The van der Waals surface area contributed by atoms with Crippen LogP contribution >= 0.6 is 15.9 Å². The first kappa shape index (κ1) is 24.7. The summed E-state index contributed by atoms with van der Waals surface area (Å²) >= 11 is 3.30. The van der Waals surface area contributed by atoms with Crippen molar-refractivity contribution in [2.24, 2.45) is 0 Å². The Morgan fingerprint density at radius 2 is 1.72 bits per heavy atom. The third kappa shape index (κ3) is 5.78. The number of hydrogen-bond donors (Lipinski definition) is 2. The SMILES string of the molecule is COc1ccc(NC(=O)COc2cccc(/C=C3\C(=O)NC(=O)N(c4ccc(Br)cc4)C3=O)c2)cc1. The summed E-state index contributed by atoms with van der Waals surface area (Å²) in [5.41, 5.74) is 1.17. The zero-order valence-corrected chi connectivity index (χ0v) is 20.6. The van der Waals surface area contributed by atoms with Gasteiger partial charge in [-0.3, -0.25) is 19.7 Å². The Morgan fingerprint density at radius 3 is 2.42 bits per heavy atom. The van der Waals surface area contributed by atoms with Gasteiger partial charge in [0.2, 0.25) is 0 Å². The number of rotatable bonds is 7. The summed E-state index contributed by atoms with van der Waals surface area (Å²) in [6.45, 7) is -0.253. The molecule has 4 rings (SSSR count). The minimum atomic E-state index is -0.829. The largest absolute Gasteiger partial charge is 0.497 e. The predicted molar refractivity (Wildman–Crippen MR) is 137 cm³/mol. The second-order valence-corrected chi connectivity index (χ2v) is 8.49. The second kappa shape index (κ2) is 10.9. The lowest BCUT2D eigenvalue weighted by atomic mass is 10.1. The van der Waals surface area contributed by atoms with E-state index < -0.39 is 17.8 Å². The fraction of sp³-hybridized carbons (Fsp3) is 0.0769. The molecule has 36 heavy (non-hydrogen) atoms. The molecule has 9 nitrogen and oxygen atoms in total. The first-order valence-corrected chi connectivity index (χ1v) is 11.5. The molecule has 1 aliphatic rings. The standard InChI is InChI=1S/C26H20BrN3O6/c1-35-20-11-7-18(8-12-20)28-23(31)15-36-21-4-2-3-16(13-21)14-22-24(32)29-26(34)30(25(22)33)19-9-5-17(27)6-10-19/h2-14H,15H2,1H3,(H,28,31)(H,29,32,34)/b22-14+. The summed E-state index contributed by atoms with van der Waals surface area (Å²) in [6.07, 6.45) is 1.36. The van der Waals surface area contributed by atoms with Gasteiger partial charge in [-0.1, -0.05) is 28.1 Å². The van der Waals surface area contributed by atoms with E-state index in [2.05, 4.69) is 26.6 Å². The van der Waals surface area contributed by atoms with Crippen LogP contribution < -0.4 is 25.0 Å². The Kier molecular flexibility index (Phi) is 7.45. The maximum atomic E-state index is 13.0. The van der Waals surface area contributed by atoms with E-state index in [1.54, 1.807) is 79.9 Å². The molecule has 0 radical (unpaired) electrons. The van der Waals surface area contributed by atoms with Gasteiger partial charge in [-0.05, 0) is 72.3 Å². The summed E-state index contributed by atoms with van der Waals surface area (Å²) < 4.78 is 11.4. The zero-order chi connectivity index (χ0) is 25.7. The Balaban J connectivity index is 1.46. The molecule has 0 bridgehead atoms. The number of anilines is 2. The van der Waals surface area contributed by atoms with Crippen LogP contribution in [-0.2, 0) is 14.4 Å². The molecule has 10 heteroatoms. The molecule has 0 aromatic heterocycles. The number of amides is 5. The highest BCUT2D eigenvalue weighted by Gasteiger charge is 2.36. The first-order chi connectivity index (χ1) is 17.3. The van der Waals surface area contributed by atoms with Crippen LogP contribution in [0.25, 0.3) is 6.08 Å². The first-order valence-electron chi connectivity index (χ1n) is 10.7. The number of urea groups is 1. The lowest BCUT2D eigenvalue weighted by Crippen LogP contribution is -2.54. The molecule has 182 valence electrons. The fourth-order valence-corrected chi connectivity index (χ4v) is 3.63. The average Bonchev–Trinajstić information content (AvgIpc) is 2.87. The van der Waals surface area contributed by atoms with E-state index in [1.165, 1.54) is 6.08 Å². The number of halogens is 1. The molecule has 0 aliphatic carbocycles. The third-order valence-corrected chi connectivity index (χ3v) is 5.63. The summed E-state index contributed by atoms with van der Waals surface area (Å²) in [7, 11) is 1.56. The average molecular weight is 550 g/mol. The molecule has 1 saturated heterocycles. The van der Waals surface area contributed by atoms with Crippen molar-refractivity contribution in [1.29, 1.82) is 0 Å². The molecule has 0 atom stereocenters. The molecule has 0 spiro atoms. The van der Waals surface area contributed by atoms with E-state index in [4.69, 9.17) is 9.47 Å². The monoisotopic (exact) mass is 549 g/mol. The predicted octanol–water partition coefficient (Wildman–Crippen LogP) is 4.14. The Morgan fingerprint density at radius 1 is 1.00 bits per heavy atom. The van der Waals surface area contributed by atoms with Gasteiger partial charge in [0, 0.05) is 10.2 Å². The highest BCUT2D eigenvalue weighted by molar-refractivity contribution is 9.10. The molecule has 5 amide bonds. The summed E-state index contributed by atoms with van der Waals surface area (Å²) in [4.78, 5) is 50.9. The lowest BCUT2D eigenvalue weighted by molar-refractivity contribution is -0.122. The van der Waals surface area contributed by atoms with Crippen LogP contribution in [0, 0.1) is 0 Å².